The van der Waals surface area contributed by atoms with Gasteiger partial charge in [-0.15, -0.1) is 0 Å². The average molecular weight is 440 g/mol. The maximum atomic E-state index is 10.4. The normalized spacial score (nSPS) is 20.4. The Balaban J connectivity index is 1.74. The molecule has 0 unspecified atom stereocenters. The van der Waals surface area contributed by atoms with E-state index in [4.69, 9.17) is 4.74 Å². The third kappa shape index (κ3) is 7.43. The molecule has 31 heavy (non-hydrogen) atoms. The molecule has 0 aromatic heterocycles. The summed E-state index contributed by atoms with van der Waals surface area (Å²) in [6.07, 6.45) is 14.1. The predicted molar refractivity (Wildman–Crippen MR) is 134 cm³/mol. The predicted octanol–water partition coefficient (Wildman–Crippen LogP) is 8.84. The van der Waals surface area contributed by atoms with E-state index in [-0.39, 0.29) is 5.60 Å². The van der Waals surface area contributed by atoms with E-state index in [0.29, 0.717) is 5.75 Å². The van der Waals surface area contributed by atoms with Crippen molar-refractivity contribution in [3.05, 3.63) is 22.3 Å². The number of ether oxygens (including phenoxy) is 1. The maximum Gasteiger partial charge on any atom is 0.127 e. The first-order valence-corrected chi connectivity index (χ1v) is 13.0. The highest BCUT2D eigenvalue weighted by molar-refractivity contribution is 5.58. The van der Waals surface area contributed by atoms with Crippen LogP contribution in [0.5, 0.6) is 11.5 Å². The molecule has 2 rings (SSSR count). The van der Waals surface area contributed by atoms with Crippen LogP contribution in [0.2, 0.25) is 0 Å². The fourth-order valence-corrected chi connectivity index (χ4v) is 5.27. The smallest absolute Gasteiger partial charge is 0.127 e. The van der Waals surface area contributed by atoms with Crippen LogP contribution in [0.3, 0.4) is 0 Å². The maximum absolute atomic E-state index is 10.4. The van der Waals surface area contributed by atoms with Crippen LogP contribution >= 0.6 is 0 Å². The van der Waals surface area contributed by atoms with Crippen LogP contribution < -0.4 is 4.74 Å². The Morgan fingerprint density at radius 1 is 0.806 bits per heavy atom. The second-order valence-electron chi connectivity index (χ2n) is 11.4. The van der Waals surface area contributed by atoms with Gasteiger partial charge in [-0.3, -0.25) is 0 Å². The van der Waals surface area contributed by atoms with E-state index in [1.54, 1.807) is 0 Å². The van der Waals surface area contributed by atoms with Crippen molar-refractivity contribution in [1.29, 1.82) is 0 Å². The molecule has 1 aromatic carbocycles. The van der Waals surface area contributed by atoms with E-state index in [9.17, 15) is 5.11 Å². The zero-order chi connectivity index (χ0) is 23.2. The van der Waals surface area contributed by atoms with Crippen molar-refractivity contribution in [2.75, 3.05) is 0 Å². The lowest BCUT2D eigenvalue weighted by Gasteiger charge is -2.38. The molecule has 0 bridgehead atoms. The number of fused-ring (bicyclic) bond motifs is 1. The Morgan fingerprint density at radius 3 is 1.94 bits per heavy atom. The SMILES string of the molecule is CC(C)CCC[C@@H](C)CCC[C@@H](C)CCC[C@]1(C)CC[13c]2[13c]([13CH3])[13c](O)[13c]([13CH3])[13c]([13CH3])[13c]2O1. The lowest BCUT2D eigenvalue weighted by Crippen LogP contribution is -2.37. The van der Waals surface area contributed by atoms with Crippen LogP contribution in [-0.2, 0) is 6.42 Å². The molecule has 0 amide bonds. The van der Waals surface area contributed by atoms with Gasteiger partial charge < -0.3 is 9.84 Å². The number of hydrogen-bond donors (Lipinski definition) is 1. The van der Waals surface area contributed by atoms with Crippen molar-refractivity contribution in [1.82, 2.24) is 0 Å². The van der Waals surface area contributed by atoms with E-state index in [2.05, 4.69) is 41.5 Å². The van der Waals surface area contributed by atoms with Gasteiger partial charge in [0.2, 0.25) is 0 Å². The summed E-state index contributed by atoms with van der Waals surface area (Å²) in [5.41, 5.74) is 4.23. The first-order valence-electron chi connectivity index (χ1n) is 13.0. The highest BCUT2D eigenvalue weighted by atomic mass is 16.6. The highest BCUT2D eigenvalue weighted by Crippen LogP contribution is 2.44. The van der Waals surface area contributed by atoms with Gasteiger partial charge in [0.1, 0.15) is 17.1 Å². The zero-order valence-electron chi connectivity index (χ0n) is 21.9. The molecule has 0 saturated heterocycles. The molecule has 1 heterocycles. The molecule has 178 valence electrons. The summed E-state index contributed by atoms with van der Waals surface area (Å²) >= 11 is 0. The number of phenolic OH excluding ortho intramolecular Hbond substituents is 1. The van der Waals surface area contributed by atoms with Gasteiger partial charge >= 0.3 is 0 Å². The molecule has 3 atom stereocenters. The second-order valence-corrected chi connectivity index (χ2v) is 11.4. The number of rotatable bonds is 12. The second kappa shape index (κ2) is 11.6. The van der Waals surface area contributed by atoms with Gasteiger partial charge in [0.25, 0.3) is 0 Å². The fourth-order valence-electron chi connectivity index (χ4n) is 5.27. The summed E-state index contributed by atoms with van der Waals surface area (Å²) < 4.78 is 6.60. The van der Waals surface area contributed by atoms with Crippen molar-refractivity contribution in [2.24, 2.45) is 17.8 Å². The van der Waals surface area contributed by atoms with E-state index in [1.165, 1.54) is 56.9 Å². The van der Waals surface area contributed by atoms with Gasteiger partial charge in [0.05, 0.1) is 0 Å². The van der Waals surface area contributed by atoms with E-state index in [0.717, 1.165) is 59.5 Å². The minimum Gasteiger partial charge on any atom is -0.507 e. The largest absolute Gasteiger partial charge is 0.507 e. The molecular weight excluding hydrogens is 389 g/mol. The third-order valence-corrected chi connectivity index (χ3v) is 7.87. The fraction of sp³-hybridized carbons (Fsp3) is 0.793. The lowest BCUT2D eigenvalue weighted by atomic mass is 9.89. The first-order chi connectivity index (χ1) is 14.5. The highest BCUT2D eigenvalue weighted by Gasteiger charge is 2.34. The molecule has 1 N–H and O–H groups in total. The van der Waals surface area contributed by atoms with Gasteiger partial charge in [0, 0.05) is 5.56 Å². The van der Waals surface area contributed by atoms with Gasteiger partial charge in [-0.2, -0.15) is 0 Å². The summed E-state index contributed by atoms with van der Waals surface area (Å²) in [7, 11) is 0. The van der Waals surface area contributed by atoms with Crippen molar-refractivity contribution in [3.8, 4) is 11.5 Å². The minimum atomic E-state index is -0.0712. The van der Waals surface area contributed by atoms with Gasteiger partial charge in [-0.1, -0.05) is 72.6 Å². The third-order valence-electron chi connectivity index (χ3n) is 7.87. The van der Waals surface area contributed by atoms with Crippen molar-refractivity contribution in [3.63, 3.8) is 0 Å². The Bertz CT molecular complexity index is 705. The molecule has 1 aromatic rings. The van der Waals surface area contributed by atoms with Crippen LogP contribution in [0.15, 0.2) is 0 Å². The Hall–Kier alpha value is -1.18. The minimum absolute atomic E-state index is 0.0712. The average Bonchev–Trinajstić information content (AvgIpc) is 2.70. The Morgan fingerprint density at radius 2 is 1.35 bits per heavy atom. The number of phenols is 1. The molecule has 2 heteroatoms. The number of benzene rings is 1. The van der Waals surface area contributed by atoms with Crippen molar-refractivity contribution >= 4 is 0 Å². The van der Waals surface area contributed by atoms with Crippen LogP contribution in [-0.4, -0.2) is 10.7 Å². The van der Waals surface area contributed by atoms with Crippen molar-refractivity contribution in [2.45, 2.75) is 132 Å². The van der Waals surface area contributed by atoms with Crippen LogP contribution in [0.4, 0.5) is 0 Å². The Labute approximate surface area is 193 Å². The monoisotopic (exact) mass is 439 g/mol. The quantitative estimate of drug-likeness (QED) is 0.330. The molecule has 0 spiro atoms. The molecule has 0 radical (unpaired) electrons. The van der Waals surface area contributed by atoms with Gasteiger partial charge in [-0.25, -0.2) is 0 Å². The number of hydrogen-bond acceptors (Lipinski definition) is 2. The summed E-state index contributed by atoms with van der Waals surface area (Å²) in [4.78, 5) is 0. The Kier molecular flexibility index (Phi) is 9.77. The molecule has 0 fully saturated rings. The van der Waals surface area contributed by atoms with Gasteiger partial charge in [-0.05, 0) is 87.8 Å². The summed E-state index contributed by atoms with van der Waals surface area (Å²) in [5.74, 6) is 4.04. The topological polar surface area (TPSA) is 29.5 Å². The van der Waals surface area contributed by atoms with E-state index >= 15 is 0 Å². The van der Waals surface area contributed by atoms with Crippen LogP contribution in [0, 0.1) is 38.5 Å². The van der Waals surface area contributed by atoms with E-state index in [1.807, 2.05) is 13.8 Å². The molecule has 1 aliphatic heterocycles. The van der Waals surface area contributed by atoms with Gasteiger partial charge in [0.15, 0.2) is 0 Å². The summed E-state index contributed by atoms with van der Waals surface area (Å²) in [6, 6.07) is 0. The van der Waals surface area contributed by atoms with Crippen LogP contribution in [0.1, 0.15) is 121 Å². The zero-order valence-corrected chi connectivity index (χ0v) is 21.9. The van der Waals surface area contributed by atoms with Crippen molar-refractivity contribution < 1.29 is 9.84 Å². The van der Waals surface area contributed by atoms with Crippen LogP contribution in [0.25, 0.3) is 0 Å². The molecule has 0 saturated carbocycles. The molecular formula is C29H50O2. The molecule has 2 nitrogen and oxygen atoms in total. The first kappa shape index (κ1) is 26.1. The van der Waals surface area contributed by atoms with E-state index < -0.39 is 0 Å². The number of aromatic hydroxyl groups is 1. The lowest BCUT2D eigenvalue weighted by molar-refractivity contribution is 0.0512. The molecule has 1 aliphatic rings. The summed E-state index contributed by atoms with van der Waals surface area (Å²) in [6.45, 7) is 17.9. The molecule has 0 aliphatic carbocycles. The standard InChI is InChI=1S/C29H50O2/c1-20(2)12-9-13-21(3)14-10-15-22(4)16-11-18-29(8)19-17-26-25(7)27(30)23(5)24(6)28(26)31-29/h20-22,30H,9-19H2,1-8H3/t21-,22-,29-/m1/s1/i5+1,6+1,7+1,23+1,24+1,25+1,26+1,27+1,28+1. The summed E-state index contributed by atoms with van der Waals surface area (Å²) in [5, 5.41) is 10.4.